The van der Waals surface area contributed by atoms with Crippen LogP contribution in [-0.4, -0.2) is 41.3 Å². The smallest absolute Gasteiger partial charge is 0.336 e. The van der Waals surface area contributed by atoms with E-state index in [2.05, 4.69) is 0 Å². The Morgan fingerprint density at radius 3 is 2.65 bits per heavy atom. The molecule has 3 aromatic rings. The van der Waals surface area contributed by atoms with Gasteiger partial charge >= 0.3 is 11.6 Å². The summed E-state index contributed by atoms with van der Waals surface area (Å²) in [5, 5.41) is 10.1. The fraction of sp³-hybridized carbons (Fsp3) is 0.280. The molecular weight excluding hydrogens is 465 g/mol. The first-order valence-electron chi connectivity index (χ1n) is 10.6. The molecule has 1 aromatic heterocycles. The summed E-state index contributed by atoms with van der Waals surface area (Å²) in [6, 6.07) is 9.66. The van der Waals surface area contributed by atoms with Crippen molar-refractivity contribution in [2.45, 2.75) is 25.7 Å². The summed E-state index contributed by atoms with van der Waals surface area (Å²) in [5.74, 6) is -3.22. The first-order valence-corrected chi connectivity index (χ1v) is 11.0. The maximum absolute atomic E-state index is 13.5. The minimum atomic E-state index is -1.19. The molecule has 1 N–H and O–H groups in total. The Kier molecular flexibility index (Phi) is 6.27. The Morgan fingerprint density at radius 1 is 1.21 bits per heavy atom. The quantitative estimate of drug-likeness (QED) is 0.329. The van der Waals surface area contributed by atoms with E-state index in [0.29, 0.717) is 47.7 Å². The number of fused-ring (bicyclic) bond motifs is 1. The number of carbonyl (C=O) groups excluding carboxylic acids is 2. The SMILES string of the molecule is CC1(C(=O)O)CCCN(C(=O)C(C=O)c2ccc3c(-c4ccc(F)cc4Cl)cc(=O)oc3c2)C1. The van der Waals surface area contributed by atoms with Gasteiger partial charge in [0.2, 0.25) is 5.91 Å². The van der Waals surface area contributed by atoms with Crippen molar-refractivity contribution in [3.8, 4) is 11.1 Å². The molecule has 1 aliphatic rings. The average Bonchev–Trinajstić information content (AvgIpc) is 2.79. The molecule has 0 radical (unpaired) electrons. The first kappa shape index (κ1) is 23.6. The molecule has 0 spiro atoms. The van der Waals surface area contributed by atoms with E-state index in [1.165, 1.54) is 29.2 Å². The van der Waals surface area contributed by atoms with Gasteiger partial charge < -0.3 is 19.2 Å². The summed E-state index contributed by atoms with van der Waals surface area (Å²) in [4.78, 5) is 50.4. The number of hydrogen-bond donors (Lipinski definition) is 1. The van der Waals surface area contributed by atoms with Gasteiger partial charge in [0.05, 0.1) is 10.4 Å². The lowest BCUT2D eigenvalue weighted by Gasteiger charge is -2.38. The number of halogens is 2. The van der Waals surface area contributed by atoms with E-state index < -0.39 is 34.7 Å². The van der Waals surface area contributed by atoms with Crippen molar-refractivity contribution in [2.24, 2.45) is 5.41 Å². The van der Waals surface area contributed by atoms with Gasteiger partial charge in [0.15, 0.2) is 0 Å². The molecule has 1 amide bonds. The number of likely N-dealkylation sites (tertiary alicyclic amines) is 1. The van der Waals surface area contributed by atoms with E-state index in [1.54, 1.807) is 19.1 Å². The number of nitrogens with zero attached hydrogens (tertiary/aromatic N) is 1. The topological polar surface area (TPSA) is 105 Å². The molecule has 176 valence electrons. The number of hydrogen-bond acceptors (Lipinski definition) is 5. The van der Waals surface area contributed by atoms with Crippen molar-refractivity contribution in [1.82, 2.24) is 4.90 Å². The Balaban J connectivity index is 1.73. The average molecular weight is 486 g/mol. The third kappa shape index (κ3) is 4.33. The molecule has 7 nitrogen and oxygen atoms in total. The van der Waals surface area contributed by atoms with Crippen molar-refractivity contribution in [3.63, 3.8) is 0 Å². The van der Waals surface area contributed by atoms with E-state index in [-0.39, 0.29) is 17.2 Å². The third-order valence-corrected chi connectivity index (χ3v) is 6.59. The number of aliphatic carboxylic acids is 1. The van der Waals surface area contributed by atoms with E-state index in [4.69, 9.17) is 16.0 Å². The molecular formula is C25H21ClFNO6. The Morgan fingerprint density at radius 2 is 1.97 bits per heavy atom. The summed E-state index contributed by atoms with van der Waals surface area (Å²) in [6.07, 6.45) is 1.44. The molecule has 2 heterocycles. The van der Waals surface area contributed by atoms with Crippen LogP contribution in [0.2, 0.25) is 5.02 Å². The van der Waals surface area contributed by atoms with Crippen LogP contribution >= 0.6 is 11.6 Å². The highest BCUT2D eigenvalue weighted by molar-refractivity contribution is 6.33. The molecule has 34 heavy (non-hydrogen) atoms. The van der Waals surface area contributed by atoms with Gasteiger partial charge in [-0.15, -0.1) is 0 Å². The van der Waals surface area contributed by atoms with Gasteiger partial charge in [-0.05, 0) is 49.6 Å². The molecule has 2 unspecified atom stereocenters. The maximum Gasteiger partial charge on any atom is 0.336 e. The second-order valence-electron chi connectivity index (χ2n) is 8.70. The van der Waals surface area contributed by atoms with Crippen LogP contribution in [0.5, 0.6) is 0 Å². The molecule has 0 bridgehead atoms. The van der Waals surface area contributed by atoms with Crippen molar-refractivity contribution in [3.05, 3.63) is 69.3 Å². The number of carbonyl (C=O) groups is 3. The molecule has 1 fully saturated rings. The second kappa shape index (κ2) is 9.02. The molecule has 0 aliphatic carbocycles. The fourth-order valence-electron chi connectivity index (χ4n) is 4.38. The second-order valence-corrected chi connectivity index (χ2v) is 9.11. The van der Waals surface area contributed by atoms with Crippen LogP contribution in [0, 0.1) is 11.2 Å². The van der Waals surface area contributed by atoms with Crippen LogP contribution in [-0.2, 0) is 14.4 Å². The highest BCUT2D eigenvalue weighted by Crippen LogP contribution is 2.35. The fourth-order valence-corrected chi connectivity index (χ4v) is 4.65. The molecule has 2 aromatic carbocycles. The highest BCUT2D eigenvalue weighted by Gasteiger charge is 2.41. The van der Waals surface area contributed by atoms with E-state index in [9.17, 15) is 28.7 Å². The standard InChI is InChI=1S/C25H21ClFNO6/c1-25(24(32)33)7-2-8-28(13-25)23(31)19(12-29)14-3-5-17-18(11-22(30)34-21(17)9-14)16-6-4-15(27)10-20(16)26/h3-6,9-12,19H,2,7-8,13H2,1H3,(H,32,33). The molecule has 2 atom stereocenters. The summed E-state index contributed by atoms with van der Waals surface area (Å²) in [5.41, 5.74) is -0.471. The Labute approximate surface area is 198 Å². The molecule has 1 aliphatic heterocycles. The number of amides is 1. The van der Waals surface area contributed by atoms with Gasteiger partial charge in [0, 0.05) is 35.7 Å². The minimum Gasteiger partial charge on any atom is -0.481 e. The van der Waals surface area contributed by atoms with Gasteiger partial charge in [-0.1, -0.05) is 23.7 Å². The lowest BCUT2D eigenvalue weighted by molar-refractivity contribution is -0.153. The molecule has 0 saturated carbocycles. The van der Waals surface area contributed by atoms with Gasteiger partial charge in [0.25, 0.3) is 0 Å². The van der Waals surface area contributed by atoms with Gasteiger partial charge in [-0.3, -0.25) is 9.59 Å². The zero-order valence-corrected chi connectivity index (χ0v) is 19.0. The largest absolute Gasteiger partial charge is 0.481 e. The van der Waals surface area contributed by atoms with E-state index in [1.807, 2.05) is 0 Å². The van der Waals surface area contributed by atoms with Crippen LogP contribution in [0.4, 0.5) is 4.39 Å². The zero-order valence-electron chi connectivity index (χ0n) is 18.2. The number of carboxylic acids is 1. The number of piperidine rings is 1. The molecule has 1 saturated heterocycles. The predicted molar refractivity (Wildman–Crippen MR) is 123 cm³/mol. The Hall–Kier alpha value is -3.52. The van der Waals surface area contributed by atoms with Crippen LogP contribution in [0.15, 0.2) is 51.7 Å². The third-order valence-electron chi connectivity index (χ3n) is 6.28. The normalized spacial score (nSPS) is 19.1. The zero-order chi connectivity index (χ0) is 24.6. The van der Waals surface area contributed by atoms with Crippen molar-refractivity contribution in [1.29, 1.82) is 0 Å². The molecule has 9 heteroatoms. The van der Waals surface area contributed by atoms with Gasteiger partial charge in [-0.2, -0.15) is 0 Å². The summed E-state index contributed by atoms with van der Waals surface area (Å²) in [6.45, 7) is 1.93. The summed E-state index contributed by atoms with van der Waals surface area (Å²) >= 11 is 6.18. The minimum absolute atomic E-state index is 0.00137. The van der Waals surface area contributed by atoms with Crippen LogP contribution in [0.3, 0.4) is 0 Å². The first-order chi connectivity index (χ1) is 16.1. The summed E-state index contributed by atoms with van der Waals surface area (Å²) in [7, 11) is 0. The monoisotopic (exact) mass is 485 g/mol. The van der Waals surface area contributed by atoms with Crippen molar-refractivity contribution < 1.29 is 28.3 Å². The van der Waals surface area contributed by atoms with Crippen molar-refractivity contribution in [2.75, 3.05) is 13.1 Å². The number of rotatable bonds is 5. The number of benzene rings is 2. The number of carboxylic acid groups (broad SMARTS) is 1. The Bertz CT molecular complexity index is 1370. The maximum atomic E-state index is 13.5. The van der Waals surface area contributed by atoms with E-state index >= 15 is 0 Å². The van der Waals surface area contributed by atoms with Crippen molar-refractivity contribution >= 4 is 40.7 Å². The van der Waals surface area contributed by atoms with Crippen LogP contribution < -0.4 is 5.63 Å². The lowest BCUT2D eigenvalue weighted by atomic mass is 9.81. The van der Waals surface area contributed by atoms with Gasteiger partial charge in [0.1, 0.15) is 23.6 Å². The highest BCUT2D eigenvalue weighted by atomic mass is 35.5. The predicted octanol–water partition coefficient (Wildman–Crippen LogP) is 4.25. The van der Waals surface area contributed by atoms with Gasteiger partial charge in [-0.25, -0.2) is 9.18 Å². The van der Waals surface area contributed by atoms with Crippen LogP contribution in [0.1, 0.15) is 31.2 Å². The summed E-state index contributed by atoms with van der Waals surface area (Å²) < 4.78 is 18.8. The number of aldehydes is 1. The van der Waals surface area contributed by atoms with E-state index in [0.717, 1.165) is 6.07 Å². The lowest BCUT2D eigenvalue weighted by Crippen LogP contribution is -2.49. The molecule has 4 rings (SSSR count). The van der Waals surface area contributed by atoms with Crippen LogP contribution in [0.25, 0.3) is 22.1 Å².